The highest BCUT2D eigenvalue weighted by Gasteiger charge is 2.61. The van der Waals surface area contributed by atoms with E-state index in [-0.39, 0.29) is 56.1 Å². The molecule has 4 rings (SSSR count). The average molecular weight is 1080 g/mol. The van der Waals surface area contributed by atoms with Crippen LogP contribution in [0.15, 0.2) is 35.4 Å². The van der Waals surface area contributed by atoms with Crippen molar-refractivity contribution in [2.75, 3.05) is 13.4 Å². The van der Waals surface area contributed by atoms with E-state index >= 15 is 4.79 Å². The molecule has 0 unspecified atom stereocenters. The van der Waals surface area contributed by atoms with Crippen LogP contribution in [0.5, 0.6) is 11.5 Å². The van der Waals surface area contributed by atoms with Crippen LogP contribution in [0.1, 0.15) is 130 Å². The average Bonchev–Trinajstić information content (AvgIpc) is 3.85. The molecule has 2 aliphatic heterocycles. The summed E-state index contributed by atoms with van der Waals surface area (Å²) in [6, 6.07) is 5.33. The molecule has 408 valence electrons. The van der Waals surface area contributed by atoms with E-state index in [4.69, 9.17) is 36.7 Å². The summed E-state index contributed by atoms with van der Waals surface area (Å²) < 4.78 is 56.2. The molecule has 2 N–H and O–H groups in total. The summed E-state index contributed by atoms with van der Waals surface area (Å²) in [4.78, 5) is 15.1. The number of carbonyl (C=O) groups excluding carboxylic acids is 1. The predicted molar refractivity (Wildman–Crippen MR) is 306 cm³/mol. The lowest BCUT2D eigenvalue weighted by atomic mass is 9.83. The van der Waals surface area contributed by atoms with Gasteiger partial charge in [-0.1, -0.05) is 129 Å². The van der Waals surface area contributed by atoms with Crippen LogP contribution in [0.3, 0.4) is 0 Å². The maximum absolute atomic E-state index is 15.1. The highest BCUT2D eigenvalue weighted by Crippen LogP contribution is 2.53. The highest BCUT2D eigenvalue weighted by molar-refractivity contribution is 6.81. The minimum Gasteiger partial charge on any atom is -0.541 e. The number of amides is 1. The number of fused-ring (bicyclic) bond motifs is 1. The van der Waals surface area contributed by atoms with E-state index in [0.717, 1.165) is 17.6 Å². The molecule has 1 amide bonds. The molecular weight excluding hydrogens is 975 g/mol. The first kappa shape index (κ1) is 62.1. The number of aliphatic hydroxyl groups excluding tert-OH is 1. The Morgan fingerprint density at radius 1 is 0.662 bits per heavy atom. The second-order valence-electron chi connectivity index (χ2n) is 28.9. The fourth-order valence-electron chi connectivity index (χ4n) is 8.44. The number of aliphatic hydroxyl groups is 1. The van der Waals surface area contributed by atoms with Crippen molar-refractivity contribution in [2.24, 2.45) is 0 Å². The van der Waals surface area contributed by atoms with Crippen molar-refractivity contribution in [2.45, 2.75) is 269 Å². The van der Waals surface area contributed by atoms with Crippen LogP contribution in [0.25, 0.3) is 6.08 Å². The van der Waals surface area contributed by atoms with Crippen molar-refractivity contribution in [3.05, 3.63) is 41.0 Å². The normalized spacial score (nSPS) is 27.2. The zero-order chi connectivity index (χ0) is 54.7. The molecule has 71 heavy (non-hydrogen) atoms. The van der Waals surface area contributed by atoms with E-state index in [1.165, 1.54) is 0 Å². The van der Waals surface area contributed by atoms with Gasteiger partial charge in [-0.25, -0.2) is 0 Å². The van der Waals surface area contributed by atoms with Gasteiger partial charge >= 0.3 is 0 Å². The Balaban J connectivity index is 1.85. The molecule has 16 heteroatoms. The lowest BCUT2D eigenvalue weighted by Gasteiger charge is -2.55. The molecule has 1 aliphatic carbocycles. The summed E-state index contributed by atoms with van der Waals surface area (Å²) in [6.45, 7) is 60.8. The first-order chi connectivity index (χ1) is 31.8. The smallest absolute Gasteiger partial charge is 0.250 e. The van der Waals surface area contributed by atoms with Gasteiger partial charge in [0.25, 0.3) is 8.32 Å². The van der Waals surface area contributed by atoms with Crippen LogP contribution >= 0.6 is 0 Å². The van der Waals surface area contributed by atoms with E-state index < -0.39 is 84.2 Å². The number of benzene rings is 1. The minimum atomic E-state index is -2.51. The Bertz CT molecular complexity index is 2070. The molecule has 1 saturated carbocycles. The Kier molecular flexibility index (Phi) is 18.8. The second kappa shape index (κ2) is 21.5. The molecule has 11 nitrogen and oxygen atoms in total. The Morgan fingerprint density at radius 3 is 1.59 bits per heavy atom. The van der Waals surface area contributed by atoms with Gasteiger partial charge in [0.2, 0.25) is 12.2 Å². The molecule has 0 radical (unpaired) electrons. The third-order valence-electron chi connectivity index (χ3n) is 18.5. The van der Waals surface area contributed by atoms with Crippen molar-refractivity contribution in [3.63, 3.8) is 0 Å². The number of hydrogen-bond acceptors (Lipinski definition) is 10. The minimum absolute atomic E-state index is 0.0356. The topological polar surface area (TPSA) is 123 Å². The largest absolute Gasteiger partial charge is 0.541 e. The molecule has 0 aromatic heterocycles. The second-order valence-corrected chi connectivity index (χ2v) is 53.5. The van der Waals surface area contributed by atoms with Crippen LogP contribution in [0, 0.1) is 0 Å². The third-order valence-corrected chi connectivity index (χ3v) is 42.5. The lowest BCUT2D eigenvalue weighted by molar-refractivity contribution is -0.144. The summed E-state index contributed by atoms with van der Waals surface area (Å²) >= 11 is 0. The molecule has 3 fully saturated rings. The molecule has 1 aromatic rings. The number of ether oxygens (including phenoxy) is 4. The van der Waals surface area contributed by atoms with E-state index in [0.29, 0.717) is 17.1 Å². The van der Waals surface area contributed by atoms with Gasteiger partial charge in [-0.2, -0.15) is 0 Å². The zero-order valence-electron chi connectivity index (χ0n) is 49.8. The summed E-state index contributed by atoms with van der Waals surface area (Å²) in [5.41, 5.74) is 2.64. The lowest BCUT2D eigenvalue weighted by Crippen LogP contribution is -2.73. The van der Waals surface area contributed by atoms with Crippen LogP contribution in [0.4, 0.5) is 0 Å². The maximum Gasteiger partial charge on any atom is 0.250 e. The van der Waals surface area contributed by atoms with Crippen LogP contribution in [-0.2, 0) is 32.3 Å². The number of rotatable bonds is 16. The molecule has 3 aliphatic rings. The van der Waals surface area contributed by atoms with Crippen molar-refractivity contribution in [1.82, 2.24) is 5.32 Å². The molecule has 0 bridgehead atoms. The van der Waals surface area contributed by atoms with E-state index in [2.05, 4.69) is 182 Å². The van der Waals surface area contributed by atoms with Gasteiger partial charge in [0.1, 0.15) is 30.9 Å². The summed E-state index contributed by atoms with van der Waals surface area (Å²) in [5.74, 6) is 1.01. The van der Waals surface area contributed by atoms with Crippen molar-refractivity contribution in [3.8, 4) is 11.5 Å². The Labute approximate surface area is 438 Å². The van der Waals surface area contributed by atoms with Crippen molar-refractivity contribution in [1.29, 1.82) is 0 Å². The first-order valence-electron chi connectivity index (χ1n) is 26.5. The number of nitrogens with one attached hydrogen (secondary N) is 1. The zero-order valence-corrected chi connectivity index (χ0v) is 54.8. The van der Waals surface area contributed by atoms with Crippen LogP contribution in [-0.4, -0.2) is 115 Å². The van der Waals surface area contributed by atoms with Gasteiger partial charge in [-0.15, -0.1) is 0 Å². The van der Waals surface area contributed by atoms with E-state index in [1.807, 2.05) is 37.3 Å². The quantitative estimate of drug-likeness (QED) is 0.0940. The van der Waals surface area contributed by atoms with Gasteiger partial charge < -0.3 is 47.1 Å². The molecule has 0 spiro atoms. The first-order valence-corrected chi connectivity index (χ1v) is 41.2. The third kappa shape index (κ3) is 14.0. The van der Waals surface area contributed by atoms with Crippen molar-refractivity contribution >= 4 is 53.3 Å². The molecule has 2 heterocycles. The fraction of sp³-hybridized carbons (Fsp3) is 0.800. The monoisotopic (exact) mass is 1080 g/mol. The van der Waals surface area contributed by atoms with Gasteiger partial charge in [0.05, 0.1) is 39.0 Å². The Hall–Kier alpha value is -1.43. The fourth-order valence-corrected chi connectivity index (χ4v) is 16.4. The summed E-state index contributed by atoms with van der Waals surface area (Å²) in [7, 11) is -11.7. The van der Waals surface area contributed by atoms with E-state index in [1.54, 1.807) is 0 Å². The van der Waals surface area contributed by atoms with Gasteiger partial charge in [-0.3, -0.25) is 4.79 Å². The summed E-state index contributed by atoms with van der Waals surface area (Å²) in [6.07, 6.45) is 1.27. The van der Waals surface area contributed by atoms with Crippen molar-refractivity contribution < 1.29 is 46.6 Å². The number of hydrogen-bond donors (Lipinski definition) is 2. The highest BCUT2D eigenvalue weighted by atomic mass is 28.4. The standard InChI is InChI=1S/C55H103NO10Si5/c1-36(30-31-57)44-41(67(18,19)51(3,4)5)34-42(62-44)61-39-29-28-38(33-40(39)63-68(20,21)52(6,7)8)32-37(2)50(58)56-43-45(64-69(22,23)53(9,10)11)47-48(60-35-59-47)49(66-71(26,27)55(15,16)17)46(43)65-70(24,25)54(12,13)14/h28-30,32-33,41-49,57H,31,34-35H2,1-27H3,(H,56,58)/b36-30+,37-32+/t41-,42+,43-,44+,45+,46-,47-,48-,49+/m0/s1. The number of carbonyl (C=O) groups is 1. The maximum atomic E-state index is 15.1. The molecule has 1 aromatic carbocycles. The summed E-state index contributed by atoms with van der Waals surface area (Å²) in [5, 5.41) is 13.1. The predicted octanol–water partition coefficient (Wildman–Crippen LogP) is 14.2. The van der Waals surface area contributed by atoms with E-state index in [9.17, 15) is 5.11 Å². The molecule has 2 saturated heterocycles. The van der Waals surface area contributed by atoms with Gasteiger partial charge in [0.15, 0.2) is 30.7 Å². The van der Waals surface area contributed by atoms with Gasteiger partial charge in [-0.05, 0) is 126 Å². The molecular formula is C55H103NO10Si5. The van der Waals surface area contributed by atoms with Crippen LogP contribution in [0.2, 0.25) is 96.2 Å². The van der Waals surface area contributed by atoms with Crippen LogP contribution < -0.4 is 14.5 Å². The van der Waals surface area contributed by atoms with Gasteiger partial charge in [0, 0.05) is 12.0 Å². The Morgan fingerprint density at radius 2 is 1.13 bits per heavy atom. The SMILES string of the molecule is C/C(=C\c1ccc(O[C@H]2C[C@H]([Si](C)(C)C(C)(C)C)[C@@H](/C(C)=C/CO)O2)c(O[Si](C)(C)C(C)(C)C)c1)C(=O)N[C@H]1[C@@H](O[Si](C)(C)C(C)(C)C)[C@@H]2OCO[C@@H]2[C@H](O[Si](C)(C)C(C)(C)C)[C@H]1O[Si](C)(C)C(C)(C)C. The molecule has 9 atom stereocenters.